The number of nitrogens with one attached hydrogen (secondary N) is 1. The van der Waals surface area contributed by atoms with Crippen molar-refractivity contribution in [1.82, 2.24) is 5.32 Å². The van der Waals surface area contributed by atoms with Gasteiger partial charge in [-0.3, -0.25) is 4.79 Å². The number of methoxy groups -OCH3 is 1. The van der Waals surface area contributed by atoms with E-state index in [1.54, 1.807) is 6.07 Å². The highest BCUT2D eigenvalue weighted by molar-refractivity contribution is 5.76. The molecule has 5 atom stereocenters. The minimum atomic E-state index is -0.319. The van der Waals surface area contributed by atoms with Crippen LogP contribution in [0.5, 0.6) is 5.75 Å². The van der Waals surface area contributed by atoms with E-state index in [9.17, 15) is 4.79 Å². The summed E-state index contributed by atoms with van der Waals surface area (Å²) in [5.74, 6) is 0.810. The third-order valence-electron chi connectivity index (χ3n) is 7.81. The number of hydrogen-bond donors (Lipinski definition) is 1. The number of fused-ring (bicyclic) bond motifs is 1. The second-order valence-corrected chi connectivity index (χ2v) is 9.45. The van der Waals surface area contributed by atoms with Crippen LogP contribution in [-0.2, 0) is 9.53 Å². The van der Waals surface area contributed by atoms with Gasteiger partial charge in [0.25, 0.3) is 0 Å². The summed E-state index contributed by atoms with van der Waals surface area (Å²) in [6, 6.07) is 5.42. The summed E-state index contributed by atoms with van der Waals surface area (Å²) in [7, 11) is 1.49. The highest BCUT2D eigenvalue weighted by atomic mass is 19.1. The molecule has 1 unspecified atom stereocenters. The number of halogens is 1. The monoisotopic (exact) mass is 389 g/mol. The van der Waals surface area contributed by atoms with Crippen LogP contribution < -0.4 is 10.1 Å². The number of benzene rings is 1. The quantitative estimate of drug-likeness (QED) is 0.798. The van der Waals surface area contributed by atoms with Crippen LogP contribution in [0.1, 0.15) is 64.5 Å². The molecule has 1 heterocycles. The predicted molar refractivity (Wildman–Crippen MR) is 106 cm³/mol. The van der Waals surface area contributed by atoms with Crippen LogP contribution >= 0.6 is 0 Å². The Kier molecular flexibility index (Phi) is 4.93. The van der Waals surface area contributed by atoms with Gasteiger partial charge in [-0.2, -0.15) is 0 Å². The zero-order chi connectivity index (χ0) is 20.1. The van der Waals surface area contributed by atoms with Crippen LogP contribution in [0.3, 0.4) is 0 Å². The number of amides is 1. The van der Waals surface area contributed by atoms with Crippen molar-refractivity contribution in [3.05, 3.63) is 29.6 Å². The Morgan fingerprint density at radius 1 is 1.39 bits per heavy atom. The normalized spacial score (nSPS) is 35.5. The van der Waals surface area contributed by atoms with E-state index in [1.165, 1.54) is 7.11 Å². The van der Waals surface area contributed by atoms with E-state index >= 15 is 4.39 Å². The minimum absolute atomic E-state index is 0.0179. The predicted octanol–water partition coefficient (Wildman–Crippen LogP) is 4.63. The largest absolute Gasteiger partial charge is 0.494 e. The molecule has 4 rings (SSSR count). The molecule has 1 aromatic carbocycles. The van der Waals surface area contributed by atoms with Crippen LogP contribution in [0.4, 0.5) is 4.39 Å². The summed E-state index contributed by atoms with van der Waals surface area (Å²) in [5, 5.41) is 3.39. The van der Waals surface area contributed by atoms with Crippen molar-refractivity contribution in [2.45, 2.75) is 65.0 Å². The van der Waals surface area contributed by atoms with Gasteiger partial charge in [0, 0.05) is 24.6 Å². The smallest absolute Gasteiger partial charge is 0.220 e. The Morgan fingerprint density at radius 2 is 2.18 bits per heavy atom. The molecule has 28 heavy (non-hydrogen) atoms. The lowest BCUT2D eigenvalue weighted by Gasteiger charge is -2.53. The van der Waals surface area contributed by atoms with Crippen LogP contribution in [0.2, 0.25) is 0 Å². The third-order valence-corrected chi connectivity index (χ3v) is 7.81. The average Bonchev–Trinajstić information content (AvgIpc) is 3.15. The molecule has 1 aromatic rings. The molecule has 1 amide bonds. The van der Waals surface area contributed by atoms with Gasteiger partial charge in [-0.05, 0) is 54.4 Å². The molecule has 1 aliphatic heterocycles. The van der Waals surface area contributed by atoms with Gasteiger partial charge in [-0.1, -0.05) is 32.9 Å². The first-order valence-electron chi connectivity index (χ1n) is 10.6. The van der Waals surface area contributed by atoms with Gasteiger partial charge in [-0.15, -0.1) is 0 Å². The summed E-state index contributed by atoms with van der Waals surface area (Å²) in [4.78, 5) is 12.5. The molecule has 1 saturated heterocycles. The molecule has 2 saturated carbocycles. The lowest BCUT2D eigenvalue weighted by molar-refractivity contribution is -0.137. The fraction of sp³-hybridized carbons (Fsp3) is 0.696. The number of carbonyl (C=O) groups is 1. The topological polar surface area (TPSA) is 47.6 Å². The van der Waals surface area contributed by atoms with Crippen molar-refractivity contribution in [2.24, 2.45) is 22.7 Å². The zero-order valence-electron chi connectivity index (χ0n) is 17.4. The molecule has 3 fully saturated rings. The van der Waals surface area contributed by atoms with E-state index in [4.69, 9.17) is 9.47 Å². The van der Waals surface area contributed by atoms with Crippen molar-refractivity contribution in [2.75, 3.05) is 13.7 Å². The first kappa shape index (κ1) is 19.7. The third kappa shape index (κ3) is 2.77. The molecule has 4 nitrogen and oxygen atoms in total. The molecule has 0 radical (unpaired) electrons. The van der Waals surface area contributed by atoms with E-state index in [-0.39, 0.29) is 46.4 Å². The fourth-order valence-electron chi connectivity index (χ4n) is 6.46. The van der Waals surface area contributed by atoms with Crippen molar-refractivity contribution >= 4 is 5.91 Å². The van der Waals surface area contributed by atoms with Gasteiger partial charge in [0.1, 0.15) is 0 Å². The number of rotatable bonds is 5. The first-order chi connectivity index (χ1) is 13.3. The second-order valence-electron chi connectivity index (χ2n) is 9.45. The molecular weight excluding hydrogens is 357 g/mol. The summed E-state index contributed by atoms with van der Waals surface area (Å²) in [5.41, 5.74) is 0.623. The Bertz CT molecular complexity index is 764. The van der Waals surface area contributed by atoms with Crippen molar-refractivity contribution in [1.29, 1.82) is 0 Å². The van der Waals surface area contributed by atoms with E-state index in [0.29, 0.717) is 24.5 Å². The van der Waals surface area contributed by atoms with Gasteiger partial charge < -0.3 is 14.8 Å². The SMILES string of the molecule is CCCC(=O)N[C@@H]1C(C)(C)[C@@H]2C[C@@H]3[C@@H](c4cccc(OC)c4F)OCCC31C2. The summed E-state index contributed by atoms with van der Waals surface area (Å²) >= 11 is 0. The maximum Gasteiger partial charge on any atom is 0.220 e. The van der Waals surface area contributed by atoms with Crippen molar-refractivity contribution < 1.29 is 18.7 Å². The molecule has 1 spiro atoms. The van der Waals surface area contributed by atoms with E-state index in [2.05, 4.69) is 19.2 Å². The number of carbonyl (C=O) groups excluding carboxylic acids is 1. The lowest BCUT2D eigenvalue weighted by atomic mass is 9.58. The fourth-order valence-corrected chi connectivity index (χ4v) is 6.46. The van der Waals surface area contributed by atoms with Crippen molar-refractivity contribution in [3.63, 3.8) is 0 Å². The van der Waals surface area contributed by atoms with E-state index in [0.717, 1.165) is 25.7 Å². The van der Waals surface area contributed by atoms with Gasteiger partial charge in [0.15, 0.2) is 11.6 Å². The second kappa shape index (κ2) is 7.01. The van der Waals surface area contributed by atoms with Gasteiger partial charge in [0.2, 0.25) is 5.91 Å². The van der Waals surface area contributed by atoms with Crippen LogP contribution in [0.15, 0.2) is 18.2 Å². The van der Waals surface area contributed by atoms with Gasteiger partial charge in [0.05, 0.1) is 13.2 Å². The summed E-state index contributed by atoms with van der Waals surface area (Å²) < 4.78 is 26.4. The first-order valence-corrected chi connectivity index (χ1v) is 10.6. The summed E-state index contributed by atoms with van der Waals surface area (Å²) in [6.07, 6.45) is 4.16. The molecule has 2 bridgehead atoms. The Labute approximate surface area is 167 Å². The van der Waals surface area contributed by atoms with Gasteiger partial charge >= 0.3 is 0 Å². The van der Waals surface area contributed by atoms with E-state index < -0.39 is 0 Å². The Balaban J connectivity index is 1.69. The van der Waals surface area contributed by atoms with Gasteiger partial charge in [-0.25, -0.2) is 4.39 Å². The van der Waals surface area contributed by atoms with Crippen LogP contribution in [-0.4, -0.2) is 25.7 Å². The Morgan fingerprint density at radius 3 is 2.89 bits per heavy atom. The maximum atomic E-state index is 15.0. The summed E-state index contributed by atoms with van der Waals surface area (Å²) in [6.45, 7) is 7.20. The van der Waals surface area contributed by atoms with E-state index in [1.807, 2.05) is 19.1 Å². The highest BCUT2D eigenvalue weighted by Gasteiger charge is 2.68. The molecule has 1 N–H and O–H groups in total. The minimum Gasteiger partial charge on any atom is -0.494 e. The zero-order valence-corrected chi connectivity index (χ0v) is 17.4. The number of ether oxygens (including phenoxy) is 2. The maximum absolute atomic E-state index is 15.0. The molecule has 3 aliphatic rings. The molecule has 5 heteroatoms. The molecule has 2 aliphatic carbocycles. The van der Waals surface area contributed by atoms with Crippen molar-refractivity contribution in [3.8, 4) is 5.75 Å². The average molecular weight is 390 g/mol. The van der Waals surface area contributed by atoms with Crippen LogP contribution in [0, 0.1) is 28.5 Å². The molecule has 154 valence electrons. The standard InChI is InChI=1S/C23H32FNO3/c1-5-7-18(26)25-21-22(2,3)14-12-16-20(28-11-10-23(16,21)13-14)15-8-6-9-17(27-4)19(15)24/h6,8-9,14,16,20-21H,5,7,10-13H2,1-4H3,(H,25,26)/t14-,16-,20-,21-,23?/m1/s1. The molecular formula is C23H32FNO3. The number of hydrogen-bond acceptors (Lipinski definition) is 3. The lowest BCUT2D eigenvalue weighted by Crippen LogP contribution is -2.58. The highest BCUT2D eigenvalue weighted by Crippen LogP contribution is 2.70. The van der Waals surface area contributed by atoms with Crippen LogP contribution in [0.25, 0.3) is 0 Å². The molecule has 0 aromatic heterocycles. The Hall–Kier alpha value is -1.62.